The number of piperazine rings is 1. The van der Waals surface area contributed by atoms with Gasteiger partial charge in [-0.15, -0.1) is 0 Å². The zero-order valence-electron chi connectivity index (χ0n) is 16.5. The fourth-order valence-corrected chi connectivity index (χ4v) is 3.95. The third-order valence-electron chi connectivity index (χ3n) is 5.80. The smallest absolute Gasteiger partial charge is 0.410 e. The summed E-state index contributed by atoms with van der Waals surface area (Å²) < 4.78 is 44.7. The predicted octanol–water partition coefficient (Wildman–Crippen LogP) is 3.58. The zero-order chi connectivity index (χ0) is 21.5. The minimum Gasteiger partial charge on any atom is -0.446 e. The van der Waals surface area contributed by atoms with Crippen LogP contribution in [0, 0.1) is 0 Å². The number of rotatable bonds is 4. The van der Waals surface area contributed by atoms with Crippen LogP contribution < -0.4 is 4.90 Å². The second kappa shape index (κ2) is 7.78. The number of carbonyl (C=O) groups is 1. The van der Waals surface area contributed by atoms with Crippen molar-refractivity contribution in [3.05, 3.63) is 30.9 Å². The molecule has 164 valence electrons. The maximum absolute atomic E-state index is 12.9. The van der Waals surface area contributed by atoms with Crippen molar-refractivity contribution in [2.75, 3.05) is 31.1 Å². The van der Waals surface area contributed by atoms with Gasteiger partial charge in [0.15, 0.2) is 0 Å². The number of carbonyl (C=O) groups excluding carboxylic acids is 1. The Morgan fingerprint density at radius 2 is 1.97 bits per heavy atom. The molecule has 31 heavy (non-hydrogen) atoms. The van der Waals surface area contributed by atoms with Crippen LogP contribution in [0.15, 0.2) is 30.9 Å². The first-order chi connectivity index (χ1) is 15.0. The number of nitrogens with one attached hydrogen (secondary N) is 1. The van der Waals surface area contributed by atoms with Crippen molar-refractivity contribution >= 4 is 22.8 Å². The Hall–Kier alpha value is -3.24. The van der Waals surface area contributed by atoms with Crippen molar-refractivity contribution in [2.24, 2.45) is 0 Å². The topological polar surface area (TPSA) is 79.3 Å². The molecule has 0 spiro atoms. The molecule has 1 saturated carbocycles. The summed E-state index contributed by atoms with van der Waals surface area (Å²) in [5, 5.41) is 0.851. The lowest BCUT2D eigenvalue weighted by Crippen LogP contribution is -2.50. The van der Waals surface area contributed by atoms with E-state index in [1.165, 1.54) is 6.20 Å². The van der Waals surface area contributed by atoms with Crippen LogP contribution in [0.25, 0.3) is 22.4 Å². The molecule has 4 heterocycles. The summed E-state index contributed by atoms with van der Waals surface area (Å²) in [6, 6.07) is 3.74. The third-order valence-corrected chi connectivity index (χ3v) is 5.80. The highest BCUT2D eigenvalue weighted by molar-refractivity contribution is 5.93. The highest BCUT2D eigenvalue weighted by Crippen LogP contribution is 2.31. The molecular weight excluding hydrogens is 413 g/mol. The number of hydrogen-bond donors (Lipinski definition) is 1. The summed E-state index contributed by atoms with van der Waals surface area (Å²) >= 11 is 0. The predicted molar refractivity (Wildman–Crippen MR) is 107 cm³/mol. The SMILES string of the molecule is O=C(O[C@H]1C[C@H](F)C1)N1CCN(c2ccnc3[nH]c(-c4cn(C(F)F)cn4)cc23)CC1. The number of imidazole rings is 1. The van der Waals surface area contributed by atoms with Gasteiger partial charge in [0.25, 0.3) is 0 Å². The maximum Gasteiger partial charge on any atom is 0.410 e. The molecule has 0 radical (unpaired) electrons. The summed E-state index contributed by atoms with van der Waals surface area (Å²) in [6.45, 7) is -0.462. The van der Waals surface area contributed by atoms with Crippen LogP contribution >= 0.6 is 0 Å². The van der Waals surface area contributed by atoms with E-state index < -0.39 is 18.8 Å². The van der Waals surface area contributed by atoms with E-state index in [1.54, 1.807) is 11.1 Å². The van der Waals surface area contributed by atoms with Crippen LogP contribution in [0.2, 0.25) is 0 Å². The van der Waals surface area contributed by atoms with E-state index in [0.29, 0.717) is 43.2 Å². The Balaban J connectivity index is 1.29. The maximum atomic E-state index is 12.9. The molecule has 8 nitrogen and oxygen atoms in total. The third kappa shape index (κ3) is 3.79. The van der Waals surface area contributed by atoms with Crippen LogP contribution in [0.3, 0.4) is 0 Å². The second-order valence-electron chi connectivity index (χ2n) is 7.81. The van der Waals surface area contributed by atoms with E-state index >= 15 is 0 Å². The standard InChI is InChI=1S/C20H21F3N6O2/c21-12-7-13(8-12)31-20(30)28-5-3-27(4-6-28)17-1-2-24-18-14(17)9-15(26-18)16-10-29(11-25-16)19(22)23/h1-2,9-13,19H,3-8H2,(H,24,26)/t12-,13-. The molecule has 2 fully saturated rings. The summed E-state index contributed by atoms with van der Waals surface area (Å²) in [5.74, 6) is 0. The fourth-order valence-electron chi connectivity index (χ4n) is 3.95. The molecule has 1 aliphatic heterocycles. The number of ether oxygens (including phenoxy) is 1. The minimum atomic E-state index is -2.65. The van der Waals surface area contributed by atoms with Crippen LogP contribution in [0.4, 0.5) is 23.7 Å². The Morgan fingerprint density at radius 3 is 2.65 bits per heavy atom. The average molecular weight is 434 g/mol. The highest BCUT2D eigenvalue weighted by atomic mass is 19.3. The molecule has 0 unspecified atom stereocenters. The van der Waals surface area contributed by atoms with Gasteiger partial charge in [-0.1, -0.05) is 0 Å². The van der Waals surface area contributed by atoms with Crippen molar-refractivity contribution < 1.29 is 22.7 Å². The lowest BCUT2D eigenvalue weighted by atomic mass is 9.94. The van der Waals surface area contributed by atoms with Gasteiger partial charge in [-0.25, -0.2) is 19.2 Å². The summed E-state index contributed by atoms with van der Waals surface area (Å²) in [6.07, 6.45) is 3.06. The molecular formula is C20H21F3N6O2. The van der Waals surface area contributed by atoms with Gasteiger partial charge < -0.3 is 19.5 Å². The number of H-pyrrole nitrogens is 1. The first-order valence-corrected chi connectivity index (χ1v) is 10.1. The van der Waals surface area contributed by atoms with Crippen LogP contribution in [0.1, 0.15) is 19.4 Å². The van der Waals surface area contributed by atoms with E-state index in [1.807, 2.05) is 12.1 Å². The molecule has 11 heteroatoms. The van der Waals surface area contributed by atoms with Crippen LogP contribution in [-0.4, -0.2) is 69.0 Å². The molecule has 1 saturated heterocycles. The number of nitrogens with zero attached hydrogens (tertiary/aromatic N) is 5. The van der Waals surface area contributed by atoms with E-state index in [0.717, 1.165) is 22.0 Å². The van der Waals surface area contributed by atoms with Gasteiger partial charge in [0.1, 0.15) is 23.6 Å². The summed E-state index contributed by atoms with van der Waals surface area (Å²) in [4.78, 5) is 27.6. The number of aromatic nitrogens is 4. The van der Waals surface area contributed by atoms with E-state index in [2.05, 4.69) is 19.9 Å². The number of amides is 1. The number of halogens is 3. The number of alkyl halides is 3. The molecule has 0 bridgehead atoms. The first kappa shape index (κ1) is 19.7. The van der Waals surface area contributed by atoms with Gasteiger partial charge in [-0.2, -0.15) is 8.78 Å². The number of aromatic amines is 1. The van der Waals surface area contributed by atoms with Crippen molar-refractivity contribution in [2.45, 2.75) is 31.7 Å². The van der Waals surface area contributed by atoms with Crippen molar-refractivity contribution in [1.29, 1.82) is 0 Å². The second-order valence-corrected chi connectivity index (χ2v) is 7.81. The molecule has 2 aliphatic rings. The molecule has 0 aromatic carbocycles. The number of fused-ring (bicyclic) bond motifs is 1. The van der Waals surface area contributed by atoms with Gasteiger partial charge >= 0.3 is 12.6 Å². The van der Waals surface area contributed by atoms with Crippen molar-refractivity contribution in [3.63, 3.8) is 0 Å². The minimum absolute atomic E-state index is 0.284. The van der Waals surface area contributed by atoms with E-state index in [4.69, 9.17) is 4.74 Å². The Kier molecular flexibility index (Phi) is 4.95. The van der Waals surface area contributed by atoms with Crippen LogP contribution in [-0.2, 0) is 4.74 Å². The largest absolute Gasteiger partial charge is 0.446 e. The molecule has 5 rings (SSSR count). The van der Waals surface area contributed by atoms with Crippen molar-refractivity contribution in [3.8, 4) is 11.4 Å². The van der Waals surface area contributed by atoms with Gasteiger partial charge in [-0.05, 0) is 12.1 Å². The monoisotopic (exact) mass is 434 g/mol. The molecule has 3 aromatic rings. The van der Waals surface area contributed by atoms with E-state index in [-0.39, 0.29) is 18.9 Å². The first-order valence-electron chi connectivity index (χ1n) is 10.1. The Labute approximate surface area is 175 Å². The highest BCUT2D eigenvalue weighted by Gasteiger charge is 2.34. The van der Waals surface area contributed by atoms with Gasteiger partial charge in [-0.3, -0.25) is 4.57 Å². The van der Waals surface area contributed by atoms with Crippen LogP contribution in [0.5, 0.6) is 0 Å². The Morgan fingerprint density at radius 1 is 1.19 bits per heavy atom. The van der Waals surface area contributed by atoms with Crippen molar-refractivity contribution in [1.82, 2.24) is 24.4 Å². The molecule has 3 aromatic heterocycles. The van der Waals surface area contributed by atoms with Gasteiger partial charge in [0, 0.05) is 62.5 Å². The number of anilines is 1. The molecule has 1 aliphatic carbocycles. The van der Waals surface area contributed by atoms with Gasteiger partial charge in [0.05, 0.1) is 12.0 Å². The molecule has 1 N–H and O–H groups in total. The Bertz CT molecular complexity index is 1090. The number of pyridine rings is 1. The fraction of sp³-hybridized carbons (Fsp3) is 0.450. The quantitative estimate of drug-likeness (QED) is 0.679. The lowest BCUT2D eigenvalue weighted by molar-refractivity contribution is -0.0132. The normalized spacial score (nSPS) is 21.5. The summed E-state index contributed by atoms with van der Waals surface area (Å²) in [7, 11) is 0. The number of hydrogen-bond acceptors (Lipinski definition) is 5. The van der Waals surface area contributed by atoms with Gasteiger partial charge in [0.2, 0.25) is 0 Å². The molecule has 1 amide bonds. The molecule has 0 atom stereocenters. The zero-order valence-corrected chi connectivity index (χ0v) is 16.5. The average Bonchev–Trinajstić information content (AvgIpc) is 3.39. The lowest BCUT2D eigenvalue weighted by Gasteiger charge is -2.37. The van der Waals surface area contributed by atoms with E-state index in [9.17, 15) is 18.0 Å². The summed E-state index contributed by atoms with van der Waals surface area (Å²) in [5.41, 5.74) is 2.58.